The van der Waals surface area contributed by atoms with Crippen molar-refractivity contribution in [2.75, 3.05) is 38.6 Å². The molecule has 1 N–H and O–H groups in total. The summed E-state index contributed by atoms with van der Waals surface area (Å²) in [7, 11) is 0. The predicted octanol–water partition coefficient (Wildman–Crippen LogP) is 0.232. The van der Waals surface area contributed by atoms with Gasteiger partial charge in [-0.15, -0.1) is 0 Å². The Hall–Kier alpha value is -1.38. The molecule has 0 unspecified atom stereocenters. The van der Waals surface area contributed by atoms with Crippen molar-refractivity contribution in [1.82, 2.24) is 24.5 Å². The first kappa shape index (κ1) is 13.6. The Kier molecular flexibility index (Phi) is 4.34. The summed E-state index contributed by atoms with van der Waals surface area (Å²) in [6.45, 7) is 4.76. The molecule has 7 nitrogen and oxygen atoms in total. The van der Waals surface area contributed by atoms with Gasteiger partial charge in [-0.05, 0) is 13.0 Å². The van der Waals surface area contributed by atoms with Gasteiger partial charge in [0.15, 0.2) is 10.8 Å². The van der Waals surface area contributed by atoms with E-state index in [1.165, 1.54) is 4.52 Å². The molecule has 20 heavy (non-hydrogen) atoms. The Bertz CT molecular complexity index is 620. The lowest BCUT2D eigenvalue weighted by atomic mass is 10.4. The van der Waals surface area contributed by atoms with Gasteiger partial charge < -0.3 is 4.74 Å². The van der Waals surface area contributed by atoms with E-state index >= 15 is 0 Å². The summed E-state index contributed by atoms with van der Waals surface area (Å²) in [5, 5.41) is 4.56. The van der Waals surface area contributed by atoms with Crippen LogP contribution in [0.25, 0.3) is 5.65 Å². The topological polar surface area (TPSA) is 75.5 Å². The molecule has 1 fully saturated rings. The highest BCUT2D eigenvalue weighted by molar-refractivity contribution is 7.99. The van der Waals surface area contributed by atoms with E-state index in [-0.39, 0.29) is 5.69 Å². The molecule has 2 aromatic rings. The van der Waals surface area contributed by atoms with Crippen LogP contribution in [-0.2, 0) is 4.74 Å². The minimum absolute atomic E-state index is 0.240. The third kappa shape index (κ3) is 3.20. The van der Waals surface area contributed by atoms with Crippen LogP contribution in [-0.4, -0.2) is 63.1 Å². The number of hydrogen-bond donors (Lipinski definition) is 1. The number of aromatic nitrogens is 4. The highest BCUT2D eigenvalue weighted by Gasteiger charge is 2.09. The second kappa shape index (κ2) is 6.38. The molecule has 0 bridgehead atoms. The summed E-state index contributed by atoms with van der Waals surface area (Å²) in [5.41, 5.74) is 0.347. The van der Waals surface area contributed by atoms with Crippen molar-refractivity contribution in [3.05, 3.63) is 22.7 Å². The smallest absolute Gasteiger partial charge is 0.350 e. The molecule has 108 valence electrons. The van der Waals surface area contributed by atoms with Gasteiger partial charge in [-0.1, -0.05) is 11.8 Å². The third-order valence-corrected chi connectivity index (χ3v) is 4.17. The zero-order valence-electron chi connectivity index (χ0n) is 11.1. The number of ether oxygens (including phenoxy) is 1. The molecule has 1 aliphatic rings. The fraction of sp³-hybridized carbons (Fsp3) is 0.583. The molecule has 0 aromatic carbocycles. The summed E-state index contributed by atoms with van der Waals surface area (Å²) < 4.78 is 6.58. The SMILES string of the molecule is O=c1[nH]c(SCCCN2CCOCC2)nc2ccnn12. The van der Waals surface area contributed by atoms with Crippen molar-refractivity contribution in [3.8, 4) is 0 Å². The summed E-state index contributed by atoms with van der Waals surface area (Å²) in [5.74, 6) is 0.935. The van der Waals surface area contributed by atoms with Gasteiger partial charge >= 0.3 is 5.69 Å². The van der Waals surface area contributed by atoms with Gasteiger partial charge in [0.25, 0.3) is 0 Å². The van der Waals surface area contributed by atoms with Crippen molar-refractivity contribution in [2.45, 2.75) is 11.6 Å². The van der Waals surface area contributed by atoms with Crippen LogP contribution < -0.4 is 5.69 Å². The van der Waals surface area contributed by atoms with Crippen LogP contribution in [0.15, 0.2) is 22.2 Å². The molecule has 8 heteroatoms. The molecule has 0 radical (unpaired) electrons. The van der Waals surface area contributed by atoms with Crippen LogP contribution in [0.2, 0.25) is 0 Å². The molecular formula is C12H17N5O2S. The van der Waals surface area contributed by atoms with E-state index < -0.39 is 0 Å². The number of nitrogens with one attached hydrogen (secondary N) is 1. The molecule has 0 spiro atoms. The van der Waals surface area contributed by atoms with Crippen LogP contribution >= 0.6 is 11.8 Å². The van der Waals surface area contributed by atoms with E-state index in [0.717, 1.165) is 45.0 Å². The molecule has 0 saturated carbocycles. The van der Waals surface area contributed by atoms with Gasteiger partial charge in [0.05, 0.1) is 19.4 Å². The van der Waals surface area contributed by atoms with Crippen molar-refractivity contribution < 1.29 is 4.74 Å². The Balaban J connectivity index is 1.50. The van der Waals surface area contributed by atoms with E-state index in [1.807, 2.05) is 0 Å². The largest absolute Gasteiger partial charge is 0.379 e. The second-order valence-electron chi connectivity index (χ2n) is 4.60. The lowest BCUT2D eigenvalue weighted by Gasteiger charge is -2.26. The van der Waals surface area contributed by atoms with Crippen molar-refractivity contribution in [3.63, 3.8) is 0 Å². The molecule has 1 saturated heterocycles. The predicted molar refractivity (Wildman–Crippen MR) is 76.2 cm³/mol. The summed E-state index contributed by atoms with van der Waals surface area (Å²) >= 11 is 1.58. The molecule has 0 atom stereocenters. The van der Waals surface area contributed by atoms with E-state index in [2.05, 4.69) is 20.0 Å². The summed E-state index contributed by atoms with van der Waals surface area (Å²) in [4.78, 5) is 21.2. The van der Waals surface area contributed by atoms with Gasteiger partial charge in [-0.3, -0.25) is 9.88 Å². The highest BCUT2D eigenvalue weighted by atomic mass is 32.2. The molecular weight excluding hydrogens is 278 g/mol. The first-order valence-electron chi connectivity index (χ1n) is 6.70. The zero-order valence-corrected chi connectivity index (χ0v) is 11.9. The minimum Gasteiger partial charge on any atom is -0.379 e. The molecule has 3 rings (SSSR count). The van der Waals surface area contributed by atoms with E-state index in [1.54, 1.807) is 24.0 Å². The molecule has 0 aliphatic carbocycles. The maximum Gasteiger partial charge on any atom is 0.350 e. The van der Waals surface area contributed by atoms with Crippen molar-refractivity contribution in [2.24, 2.45) is 0 Å². The Morgan fingerprint density at radius 2 is 2.25 bits per heavy atom. The number of morpholine rings is 1. The maximum absolute atomic E-state index is 11.7. The van der Waals surface area contributed by atoms with Gasteiger partial charge in [-0.25, -0.2) is 9.78 Å². The van der Waals surface area contributed by atoms with Crippen molar-refractivity contribution >= 4 is 17.4 Å². The van der Waals surface area contributed by atoms with E-state index in [9.17, 15) is 4.79 Å². The normalized spacial score (nSPS) is 16.8. The first-order valence-corrected chi connectivity index (χ1v) is 7.68. The number of aromatic amines is 1. The van der Waals surface area contributed by atoms with Gasteiger partial charge in [-0.2, -0.15) is 9.61 Å². The molecule has 0 amide bonds. The van der Waals surface area contributed by atoms with Crippen LogP contribution in [0.3, 0.4) is 0 Å². The number of thioether (sulfide) groups is 1. The molecule has 2 aromatic heterocycles. The minimum atomic E-state index is -0.240. The fourth-order valence-electron chi connectivity index (χ4n) is 2.16. The number of nitrogens with zero attached hydrogens (tertiary/aromatic N) is 4. The van der Waals surface area contributed by atoms with Crippen molar-refractivity contribution in [1.29, 1.82) is 0 Å². The van der Waals surface area contributed by atoms with Crippen LogP contribution in [0.5, 0.6) is 0 Å². The molecule has 1 aliphatic heterocycles. The number of H-pyrrole nitrogens is 1. The standard InChI is InChI=1S/C12H17N5O2S/c18-12-15-11(14-10-2-3-13-17(10)12)20-9-1-4-16-5-7-19-8-6-16/h2-3H,1,4-9H2,(H,14,15,18). The second-order valence-corrected chi connectivity index (χ2v) is 5.69. The van der Waals surface area contributed by atoms with Gasteiger partial charge in [0, 0.05) is 24.9 Å². The number of rotatable bonds is 5. The number of fused-ring (bicyclic) bond motifs is 1. The third-order valence-electron chi connectivity index (χ3n) is 3.21. The van der Waals surface area contributed by atoms with Gasteiger partial charge in [0.1, 0.15) is 0 Å². The average Bonchev–Trinajstić information content (AvgIpc) is 2.94. The quantitative estimate of drug-likeness (QED) is 0.629. The Labute approximate surface area is 120 Å². The first-order chi connectivity index (χ1) is 9.83. The Morgan fingerprint density at radius 1 is 1.40 bits per heavy atom. The fourth-order valence-corrected chi connectivity index (χ4v) is 2.95. The zero-order chi connectivity index (χ0) is 13.8. The number of hydrogen-bond acceptors (Lipinski definition) is 6. The highest BCUT2D eigenvalue weighted by Crippen LogP contribution is 2.13. The maximum atomic E-state index is 11.7. The van der Waals surface area contributed by atoms with Crippen LogP contribution in [0, 0.1) is 0 Å². The Morgan fingerprint density at radius 3 is 3.10 bits per heavy atom. The monoisotopic (exact) mass is 295 g/mol. The lowest BCUT2D eigenvalue weighted by Crippen LogP contribution is -2.37. The van der Waals surface area contributed by atoms with E-state index in [4.69, 9.17) is 4.74 Å². The van der Waals surface area contributed by atoms with E-state index in [0.29, 0.717) is 10.8 Å². The average molecular weight is 295 g/mol. The lowest BCUT2D eigenvalue weighted by molar-refractivity contribution is 0.0381. The van der Waals surface area contributed by atoms with Gasteiger partial charge in [0.2, 0.25) is 0 Å². The molecule has 3 heterocycles. The summed E-state index contributed by atoms with van der Waals surface area (Å²) in [6, 6.07) is 1.73. The summed E-state index contributed by atoms with van der Waals surface area (Å²) in [6.07, 6.45) is 2.64. The van der Waals surface area contributed by atoms with Crippen LogP contribution in [0.4, 0.5) is 0 Å². The van der Waals surface area contributed by atoms with Crippen LogP contribution in [0.1, 0.15) is 6.42 Å².